The smallest absolute Gasteiger partial charge is 0.231 e. The van der Waals surface area contributed by atoms with Crippen LogP contribution >= 0.6 is 0 Å². The van der Waals surface area contributed by atoms with E-state index in [4.69, 9.17) is 9.72 Å². The monoisotopic (exact) mass is 390 g/mol. The Labute approximate surface area is 170 Å². The predicted octanol–water partition coefficient (Wildman–Crippen LogP) is 4.16. The van der Waals surface area contributed by atoms with Gasteiger partial charge in [0.15, 0.2) is 0 Å². The third-order valence-electron chi connectivity index (χ3n) is 5.23. The number of carbonyl (C=O) groups excluding carboxylic acids is 1. The van der Waals surface area contributed by atoms with Gasteiger partial charge in [0.2, 0.25) is 5.91 Å². The second kappa shape index (κ2) is 8.07. The molecule has 0 saturated carbocycles. The van der Waals surface area contributed by atoms with Crippen molar-refractivity contribution in [2.24, 2.45) is 5.92 Å². The first kappa shape index (κ1) is 19.2. The van der Waals surface area contributed by atoms with Gasteiger partial charge in [-0.05, 0) is 63.4 Å². The van der Waals surface area contributed by atoms with Crippen molar-refractivity contribution in [2.45, 2.75) is 39.7 Å². The van der Waals surface area contributed by atoms with E-state index in [-0.39, 0.29) is 17.9 Å². The largest absolute Gasteiger partial charge is 0.491 e. The molecule has 0 bridgehead atoms. The molecular formula is C23H26N4O2. The Morgan fingerprint density at radius 1 is 1.28 bits per heavy atom. The van der Waals surface area contributed by atoms with Crippen LogP contribution in [0.25, 0.3) is 11.1 Å². The Balaban J connectivity index is 1.47. The molecule has 1 N–H and O–H groups in total. The lowest BCUT2D eigenvalue weighted by Crippen LogP contribution is -2.28. The van der Waals surface area contributed by atoms with Gasteiger partial charge in [0.1, 0.15) is 11.6 Å². The zero-order valence-corrected chi connectivity index (χ0v) is 17.1. The van der Waals surface area contributed by atoms with Gasteiger partial charge in [-0.2, -0.15) is 5.10 Å². The topological polar surface area (TPSA) is 71.1 Å². The summed E-state index contributed by atoms with van der Waals surface area (Å²) in [5, 5.41) is 6.82. The summed E-state index contributed by atoms with van der Waals surface area (Å²) in [6.07, 6.45) is 5.30. The molecular weight excluding hydrogens is 364 g/mol. The Bertz CT molecular complexity index is 998. The SMILES string of the molecule is Cc1nc(N2CCC(Cc3cccc(OC(C)C)c3)C2=O)ccc1-c1cn[nH]c1. The standard InChI is InChI=1S/C23H26N4O2/c1-15(2)29-20-6-4-5-17(12-20)11-18-9-10-27(23(18)28)22-8-7-21(16(3)26-22)19-13-24-25-14-19/h4-8,12-15,18H,9-11H2,1-3H3,(H,24,25). The van der Waals surface area contributed by atoms with Gasteiger partial charge >= 0.3 is 0 Å². The highest BCUT2D eigenvalue weighted by atomic mass is 16.5. The number of rotatable bonds is 6. The van der Waals surface area contributed by atoms with Gasteiger partial charge in [0.25, 0.3) is 0 Å². The van der Waals surface area contributed by atoms with Crippen LogP contribution in [0.4, 0.5) is 5.82 Å². The van der Waals surface area contributed by atoms with Crippen molar-refractivity contribution >= 4 is 11.7 Å². The number of hydrogen-bond donors (Lipinski definition) is 1. The molecule has 1 atom stereocenters. The molecule has 1 unspecified atom stereocenters. The number of aryl methyl sites for hydroxylation is 1. The van der Waals surface area contributed by atoms with Crippen LogP contribution < -0.4 is 9.64 Å². The molecule has 4 rings (SSSR count). The number of aromatic amines is 1. The third-order valence-corrected chi connectivity index (χ3v) is 5.23. The molecule has 0 spiro atoms. The summed E-state index contributed by atoms with van der Waals surface area (Å²) in [5.74, 6) is 1.69. The van der Waals surface area contributed by atoms with Gasteiger partial charge < -0.3 is 4.74 Å². The minimum absolute atomic E-state index is 0.0278. The number of pyridine rings is 1. The minimum atomic E-state index is -0.0278. The average molecular weight is 390 g/mol. The van der Waals surface area contributed by atoms with E-state index in [2.05, 4.69) is 16.3 Å². The van der Waals surface area contributed by atoms with Gasteiger partial charge in [0.05, 0.1) is 12.3 Å². The zero-order chi connectivity index (χ0) is 20.4. The molecule has 6 heteroatoms. The number of carbonyl (C=O) groups is 1. The van der Waals surface area contributed by atoms with E-state index < -0.39 is 0 Å². The summed E-state index contributed by atoms with van der Waals surface area (Å²) in [6, 6.07) is 12.0. The molecule has 1 amide bonds. The Morgan fingerprint density at radius 2 is 2.14 bits per heavy atom. The van der Waals surface area contributed by atoms with Crippen LogP contribution in [-0.2, 0) is 11.2 Å². The number of nitrogens with one attached hydrogen (secondary N) is 1. The number of anilines is 1. The van der Waals surface area contributed by atoms with E-state index in [1.807, 2.05) is 62.2 Å². The van der Waals surface area contributed by atoms with Crippen molar-refractivity contribution in [2.75, 3.05) is 11.4 Å². The first-order valence-corrected chi connectivity index (χ1v) is 10.0. The van der Waals surface area contributed by atoms with Crippen molar-refractivity contribution < 1.29 is 9.53 Å². The van der Waals surface area contributed by atoms with Gasteiger partial charge in [-0.3, -0.25) is 14.8 Å². The van der Waals surface area contributed by atoms with Crippen LogP contribution in [-0.4, -0.2) is 33.7 Å². The van der Waals surface area contributed by atoms with Gasteiger partial charge in [-0.1, -0.05) is 12.1 Å². The predicted molar refractivity (Wildman–Crippen MR) is 113 cm³/mol. The van der Waals surface area contributed by atoms with Crippen molar-refractivity contribution in [3.8, 4) is 16.9 Å². The first-order chi connectivity index (χ1) is 14.0. The highest BCUT2D eigenvalue weighted by molar-refractivity contribution is 5.96. The quantitative estimate of drug-likeness (QED) is 0.686. The maximum atomic E-state index is 13.0. The van der Waals surface area contributed by atoms with Crippen LogP contribution in [0.3, 0.4) is 0 Å². The summed E-state index contributed by atoms with van der Waals surface area (Å²) < 4.78 is 5.78. The van der Waals surface area contributed by atoms with Gasteiger partial charge in [-0.25, -0.2) is 4.98 Å². The summed E-state index contributed by atoms with van der Waals surface area (Å²) in [7, 11) is 0. The molecule has 29 heavy (non-hydrogen) atoms. The lowest BCUT2D eigenvalue weighted by molar-refractivity contribution is -0.120. The molecule has 1 fully saturated rings. The van der Waals surface area contributed by atoms with E-state index >= 15 is 0 Å². The maximum Gasteiger partial charge on any atom is 0.231 e. The van der Waals surface area contributed by atoms with Crippen molar-refractivity contribution in [3.63, 3.8) is 0 Å². The molecule has 0 radical (unpaired) electrons. The fraction of sp³-hybridized carbons (Fsp3) is 0.348. The molecule has 1 aliphatic heterocycles. The fourth-order valence-electron chi connectivity index (χ4n) is 3.86. The number of H-pyrrole nitrogens is 1. The van der Waals surface area contributed by atoms with Crippen LogP contribution in [0.5, 0.6) is 5.75 Å². The molecule has 150 valence electrons. The van der Waals surface area contributed by atoms with Crippen LogP contribution in [0.2, 0.25) is 0 Å². The normalized spacial score (nSPS) is 16.6. The van der Waals surface area contributed by atoms with Crippen LogP contribution in [0.1, 0.15) is 31.5 Å². The third kappa shape index (κ3) is 4.16. The van der Waals surface area contributed by atoms with E-state index in [1.54, 1.807) is 6.20 Å². The van der Waals surface area contributed by atoms with Crippen LogP contribution in [0, 0.1) is 12.8 Å². The molecule has 1 aromatic carbocycles. The lowest BCUT2D eigenvalue weighted by Gasteiger charge is -2.17. The lowest BCUT2D eigenvalue weighted by atomic mass is 9.98. The second-order valence-corrected chi connectivity index (χ2v) is 7.78. The van der Waals surface area contributed by atoms with E-state index in [1.165, 1.54) is 0 Å². The van der Waals surface area contributed by atoms with Crippen molar-refractivity contribution in [1.82, 2.24) is 15.2 Å². The minimum Gasteiger partial charge on any atom is -0.491 e. The van der Waals surface area contributed by atoms with Gasteiger partial charge in [-0.15, -0.1) is 0 Å². The molecule has 0 aliphatic carbocycles. The summed E-state index contributed by atoms with van der Waals surface area (Å²) in [5.41, 5.74) is 4.03. The number of nitrogens with zero attached hydrogens (tertiary/aromatic N) is 3. The number of hydrogen-bond acceptors (Lipinski definition) is 4. The summed E-state index contributed by atoms with van der Waals surface area (Å²) in [4.78, 5) is 19.5. The second-order valence-electron chi connectivity index (χ2n) is 7.78. The first-order valence-electron chi connectivity index (χ1n) is 10.0. The number of amides is 1. The molecule has 1 saturated heterocycles. The average Bonchev–Trinajstić information content (AvgIpc) is 3.32. The zero-order valence-electron chi connectivity index (χ0n) is 17.1. The molecule has 3 heterocycles. The summed E-state index contributed by atoms with van der Waals surface area (Å²) >= 11 is 0. The Hall–Kier alpha value is -3.15. The highest BCUT2D eigenvalue weighted by Crippen LogP contribution is 2.30. The molecule has 6 nitrogen and oxygen atoms in total. The molecule has 1 aliphatic rings. The fourth-order valence-corrected chi connectivity index (χ4v) is 3.86. The van der Waals surface area contributed by atoms with Crippen molar-refractivity contribution in [3.05, 3.63) is 60.0 Å². The highest BCUT2D eigenvalue weighted by Gasteiger charge is 2.33. The van der Waals surface area contributed by atoms with E-state index in [9.17, 15) is 4.79 Å². The number of ether oxygens (including phenoxy) is 1. The Kier molecular flexibility index (Phi) is 5.34. The number of benzene rings is 1. The summed E-state index contributed by atoms with van der Waals surface area (Å²) in [6.45, 7) is 6.68. The van der Waals surface area contributed by atoms with Crippen molar-refractivity contribution in [1.29, 1.82) is 0 Å². The Morgan fingerprint density at radius 3 is 2.86 bits per heavy atom. The maximum absolute atomic E-state index is 13.0. The van der Waals surface area contributed by atoms with E-state index in [0.29, 0.717) is 6.54 Å². The molecule has 2 aromatic heterocycles. The van der Waals surface area contributed by atoms with Gasteiger partial charge in [0, 0.05) is 35.5 Å². The van der Waals surface area contributed by atoms with Crippen LogP contribution in [0.15, 0.2) is 48.8 Å². The van der Waals surface area contributed by atoms with E-state index in [0.717, 1.165) is 46.8 Å². The molecule has 3 aromatic rings. The number of aromatic nitrogens is 3.